The molecule has 0 amide bonds. The highest BCUT2D eigenvalue weighted by atomic mass is 32.1. The van der Waals surface area contributed by atoms with Crippen LogP contribution in [0.3, 0.4) is 0 Å². The summed E-state index contributed by atoms with van der Waals surface area (Å²) in [5.41, 5.74) is 2.40. The standard InChI is InChI=1S/C19H19NOS/c1-2-6-14(7-3-1)13-21-16-10-15(11-16)12-19-20-17-8-4-5-9-18(17)22-19/h1-9,15-16H,10-13H2. The number of benzene rings is 2. The van der Waals surface area contributed by atoms with Crippen LogP contribution in [0.15, 0.2) is 54.6 Å². The summed E-state index contributed by atoms with van der Waals surface area (Å²) in [5, 5.41) is 1.27. The topological polar surface area (TPSA) is 22.1 Å². The van der Waals surface area contributed by atoms with Gasteiger partial charge in [-0.2, -0.15) is 0 Å². The van der Waals surface area contributed by atoms with Gasteiger partial charge in [-0.05, 0) is 36.5 Å². The monoisotopic (exact) mass is 309 g/mol. The number of aromatic nitrogens is 1. The van der Waals surface area contributed by atoms with Crippen molar-refractivity contribution in [2.75, 3.05) is 0 Å². The lowest BCUT2D eigenvalue weighted by Crippen LogP contribution is -2.32. The van der Waals surface area contributed by atoms with E-state index in [4.69, 9.17) is 9.72 Å². The van der Waals surface area contributed by atoms with E-state index in [1.54, 1.807) is 0 Å². The molecule has 112 valence electrons. The summed E-state index contributed by atoms with van der Waals surface area (Å²) in [7, 11) is 0. The second-order valence-electron chi connectivity index (χ2n) is 6.04. The fourth-order valence-corrected chi connectivity index (χ4v) is 4.10. The lowest BCUT2D eigenvalue weighted by Gasteiger charge is -2.34. The summed E-state index contributed by atoms with van der Waals surface area (Å²) in [6.45, 7) is 0.735. The number of para-hydroxylation sites is 1. The molecular formula is C19H19NOS. The molecule has 2 aromatic carbocycles. The molecule has 0 spiro atoms. The Morgan fingerprint density at radius 3 is 2.59 bits per heavy atom. The summed E-state index contributed by atoms with van der Waals surface area (Å²) in [4.78, 5) is 4.73. The average Bonchev–Trinajstić information content (AvgIpc) is 2.93. The van der Waals surface area contributed by atoms with Gasteiger partial charge in [0.25, 0.3) is 0 Å². The van der Waals surface area contributed by atoms with E-state index in [2.05, 4.69) is 48.5 Å². The predicted octanol–water partition coefficient (Wildman–Crippen LogP) is 4.83. The second-order valence-corrected chi connectivity index (χ2v) is 7.15. The van der Waals surface area contributed by atoms with Gasteiger partial charge in [-0.3, -0.25) is 0 Å². The first kappa shape index (κ1) is 13.9. The van der Waals surface area contributed by atoms with Gasteiger partial charge in [0.15, 0.2) is 0 Å². The Bertz CT molecular complexity index is 713. The van der Waals surface area contributed by atoms with Crippen LogP contribution in [0.1, 0.15) is 23.4 Å². The molecule has 0 bridgehead atoms. The van der Waals surface area contributed by atoms with Gasteiger partial charge < -0.3 is 4.74 Å². The predicted molar refractivity (Wildman–Crippen MR) is 91.1 cm³/mol. The zero-order valence-electron chi connectivity index (χ0n) is 12.4. The quantitative estimate of drug-likeness (QED) is 0.673. The smallest absolute Gasteiger partial charge is 0.0941 e. The fraction of sp³-hybridized carbons (Fsp3) is 0.316. The summed E-state index contributed by atoms with van der Waals surface area (Å²) in [5.74, 6) is 0.737. The van der Waals surface area contributed by atoms with Crippen LogP contribution in [0.5, 0.6) is 0 Å². The first-order valence-electron chi connectivity index (χ1n) is 7.87. The molecule has 1 fully saturated rings. The van der Waals surface area contributed by atoms with E-state index in [0.29, 0.717) is 6.10 Å². The Morgan fingerprint density at radius 1 is 1.00 bits per heavy atom. The molecule has 1 aliphatic rings. The SMILES string of the molecule is c1ccc(COC2CC(Cc3nc4ccccc4s3)C2)cc1. The lowest BCUT2D eigenvalue weighted by atomic mass is 9.80. The minimum atomic E-state index is 0.430. The third kappa shape index (κ3) is 3.06. The molecule has 0 radical (unpaired) electrons. The van der Waals surface area contributed by atoms with E-state index >= 15 is 0 Å². The van der Waals surface area contributed by atoms with E-state index < -0.39 is 0 Å². The first-order chi connectivity index (χ1) is 10.9. The normalized spacial score (nSPS) is 20.9. The minimum absolute atomic E-state index is 0.430. The summed E-state index contributed by atoms with van der Waals surface area (Å²) in [6, 6.07) is 18.8. The summed E-state index contributed by atoms with van der Waals surface area (Å²) >= 11 is 1.83. The van der Waals surface area contributed by atoms with Crippen molar-refractivity contribution in [3.8, 4) is 0 Å². The number of rotatable bonds is 5. The second kappa shape index (κ2) is 6.19. The Hall–Kier alpha value is -1.71. The first-order valence-corrected chi connectivity index (χ1v) is 8.68. The van der Waals surface area contributed by atoms with E-state index in [0.717, 1.165) is 24.5 Å². The van der Waals surface area contributed by atoms with Crippen LogP contribution in [0, 0.1) is 5.92 Å². The molecule has 1 aliphatic carbocycles. The van der Waals surface area contributed by atoms with Crippen LogP contribution in [0.25, 0.3) is 10.2 Å². The van der Waals surface area contributed by atoms with Crippen molar-refractivity contribution < 1.29 is 4.74 Å². The van der Waals surface area contributed by atoms with Gasteiger partial charge in [-0.1, -0.05) is 42.5 Å². The van der Waals surface area contributed by atoms with Gasteiger partial charge in [0, 0.05) is 6.42 Å². The zero-order valence-corrected chi connectivity index (χ0v) is 13.3. The number of hydrogen-bond acceptors (Lipinski definition) is 3. The van der Waals surface area contributed by atoms with Gasteiger partial charge in [0.2, 0.25) is 0 Å². The molecule has 4 rings (SSSR count). The van der Waals surface area contributed by atoms with E-state index in [9.17, 15) is 0 Å². The maximum absolute atomic E-state index is 5.97. The lowest BCUT2D eigenvalue weighted by molar-refractivity contribution is -0.0398. The van der Waals surface area contributed by atoms with Crippen molar-refractivity contribution in [1.29, 1.82) is 0 Å². The Kier molecular flexibility index (Phi) is 3.92. The fourth-order valence-electron chi connectivity index (χ4n) is 3.02. The maximum atomic E-state index is 5.97. The highest BCUT2D eigenvalue weighted by molar-refractivity contribution is 7.18. The summed E-state index contributed by atoms with van der Waals surface area (Å²) in [6.07, 6.45) is 3.87. The van der Waals surface area contributed by atoms with Crippen molar-refractivity contribution in [2.45, 2.75) is 32.0 Å². The zero-order chi connectivity index (χ0) is 14.8. The maximum Gasteiger partial charge on any atom is 0.0941 e. The molecule has 0 aliphatic heterocycles. The average molecular weight is 309 g/mol. The van der Waals surface area contributed by atoms with Crippen LogP contribution in [0.2, 0.25) is 0 Å². The van der Waals surface area contributed by atoms with Crippen LogP contribution in [-0.4, -0.2) is 11.1 Å². The molecule has 0 unspecified atom stereocenters. The molecule has 1 aromatic heterocycles. The molecular weight excluding hydrogens is 290 g/mol. The van der Waals surface area contributed by atoms with Gasteiger partial charge in [0.1, 0.15) is 0 Å². The molecule has 1 heterocycles. The number of ether oxygens (including phenoxy) is 1. The van der Waals surface area contributed by atoms with Crippen molar-refractivity contribution >= 4 is 21.6 Å². The number of nitrogens with zero attached hydrogens (tertiary/aromatic N) is 1. The molecule has 0 N–H and O–H groups in total. The van der Waals surface area contributed by atoms with Crippen molar-refractivity contribution in [1.82, 2.24) is 4.98 Å². The molecule has 3 aromatic rings. The van der Waals surface area contributed by atoms with Crippen molar-refractivity contribution in [3.05, 3.63) is 65.2 Å². The molecule has 0 atom stereocenters. The highest BCUT2D eigenvalue weighted by Crippen LogP contribution is 2.35. The van der Waals surface area contributed by atoms with E-state index in [-0.39, 0.29) is 0 Å². The number of hydrogen-bond donors (Lipinski definition) is 0. The van der Waals surface area contributed by atoms with Crippen LogP contribution < -0.4 is 0 Å². The number of fused-ring (bicyclic) bond motifs is 1. The van der Waals surface area contributed by atoms with E-state index in [1.807, 2.05) is 17.4 Å². The minimum Gasteiger partial charge on any atom is -0.374 e. The van der Waals surface area contributed by atoms with Crippen LogP contribution in [-0.2, 0) is 17.8 Å². The van der Waals surface area contributed by atoms with Crippen LogP contribution >= 0.6 is 11.3 Å². The van der Waals surface area contributed by atoms with Gasteiger partial charge in [-0.15, -0.1) is 11.3 Å². The highest BCUT2D eigenvalue weighted by Gasteiger charge is 2.30. The largest absolute Gasteiger partial charge is 0.374 e. The van der Waals surface area contributed by atoms with Crippen molar-refractivity contribution in [3.63, 3.8) is 0 Å². The van der Waals surface area contributed by atoms with Crippen molar-refractivity contribution in [2.24, 2.45) is 5.92 Å². The van der Waals surface area contributed by atoms with E-state index in [1.165, 1.54) is 28.1 Å². The third-order valence-corrected chi connectivity index (χ3v) is 5.38. The Labute approximate surface area is 134 Å². The Morgan fingerprint density at radius 2 is 1.77 bits per heavy atom. The molecule has 1 saturated carbocycles. The van der Waals surface area contributed by atoms with Crippen LogP contribution in [0.4, 0.5) is 0 Å². The number of thiazole rings is 1. The molecule has 22 heavy (non-hydrogen) atoms. The third-order valence-electron chi connectivity index (χ3n) is 4.32. The Balaban J connectivity index is 1.27. The molecule has 2 nitrogen and oxygen atoms in total. The van der Waals surface area contributed by atoms with Gasteiger partial charge in [-0.25, -0.2) is 4.98 Å². The van der Waals surface area contributed by atoms with Gasteiger partial charge in [0.05, 0.1) is 27.9 Å². The van der Waals surface area contributed by atoms with Gasteiger partial charge >= 0.3 is 0 Å². The summed E-state index contributed by atoms with van der Waals surface area (Å²) < 4.78 is 7.27. The molecule has 3 heteroatoms. The molecule has 0 saturated heterocycles.